The molecule has 4 nitrogen and oxygen atoms in total. The Morgan fingerprint density at radius 2 is 0.829 bits per heavy atom. The van der Waals surface area contributed by atoms with Crippen molar-refractivity contribution in [1.29, 1.82) is 0 Å². The van der Waals surface area contributed by atoms with Gasteiger partial charge in [0, 0.05) is 73.3 Å². The van der Waals surface area contributed by atoms with E-state index in [-0.39, 0.29) is 0 Å². The second-order valence-corrected chi connectivity index (χ2v) is 20.0. The van der Waals surface area contributed by atoms with Gasteiger partial charge in [-0.05, 0) is 81.9 Å². The normalized spacial score (nSPS) is 12.0. The molecule has 0 fully saturated rings. The smallest absolute Gasteiger partial charge is 0.180 e. The van der Waals surface area contributed by atoms with Gasteiger partial charge in [-0.3, -0.25) is 0 Å². The van der Waals surface area contributed by atoms with E-state index in [2.05, 4.69) is 229 Å². The monoisotopic (exact) mass is 927 g/mol. The summed E-state index contributed by atoms with van der Waals surface area (Å²) in [4.78, 5) is 11.2. The maximum Gasteiger partial charge on any atom is 0.180 e. The van der Waals surface area contributed by atoms with E-state index in [0.717, 1.165) is 54.8 Å². The Labute approximate surface area is 409 Å². The van der Waals surface area contributed by atoms with Gasteiger partial charge in [0.1, 0.15) is 16.8 Å². The van der Waals surface area contributed by atoms with Crippen LogP contribution in [-0.4, -0.2) is 14.5 Å². The van der Waals surface area contributed by atoms with Crippen molar-refractivity contribution in [1.82, 2.24) is 14.5 Å². The first-order chi connectivity index (χ1) is 34.7. The van der Waals surface area contributed by atoms with Gasteiger partial charge < -0.3 is 8.98 Å². The number of aromatic nitrogens is 3. The van der Waals surface area contributed by atoms with Gasteiger partial charge in [-0.15, -0.1) is 22.7 Å². The van der Waals surface area contributed by atoms with Crippen LogP contribution in [0.2, 0.25) is 0 Å². The van der Waals surface area contributed by atoms with Gasteiger partial charge in [0.25, 0.3) is 0 Å². The lowest BCUT2D eigenvalue weighted by atomic mass is 10.0. The topological polar surface area (TPSA) is 43.9 Å². The summed E-state index contributed by atoms with van der Waals surface area (Å²) in [7, 11) is 0. The Morgan fingerprint density at radius 3 is 1.47 bits per heavy atom. The first kappa shape index (κ1) is 39.3. The minimum Gasteiger partial charge on any atom is -0.452 e. The van der Waals surface area contributed by atoms with Crippen molar-refractivity contribution >= 4 is 107 Å². The number of fused-ring (bicyclic) bond motifs is 12. The number of benzene rings is 10. The lowest BCUT2D eigenvalue weighted by Crippen LogP contribution is -1.94. The zero-order chi connectivity index (χ0) is 45.9. The van der Waals surface area contributed by atoms with Crippen LogP contribution in [0, 0.1) is 0 Å². The Bertz CT molecular complexity index is 4580. The Morgan fingerprint density at radius 1 is 0.343 bits per heavy atom. The minimum atomic E-state index is 0.673. The van der Waals surface area contributed by atoms with Crippen molar-refractivity contribution in [3.05, 3.63) is 224 Å². The third kappa shape index (κ3) is 5.94. The van der Waals surface area contributed by atoms with E-state index in [0.29, 0.717) is 11.4 Å². The maximum atomic E-state index is 7.00. The number of hydrogen-bond acceptors (Lipinski definition) is 5. The molecule has 10 aromatic carbocycles. The molecule has 0 amide bonds. The molecular weight excluding hydrogens is 891 g/mol. The van der Waals surface area contributed by atoms with Crippen molar-refractivity contribution in [3.8, 4) is 61.7 Å². The lowest BCUT2D eigenvalue weighted by molar-refractivity contribution is 0.667. The molecule has 0 N–H and O–H groups in total. The van der Waals surface area contributed by atoms with Gasteiger partial charge in [-0.2, -0.15) is 0 Å². The number of hydrogen-bond donors (Lipinski definition) is 0. The van der Waals surface area contributed by atoms with Crippen molar-refractivity contribution in [2.75, 3.05) is 0 Å². The average Bonchev–Trinajstić information content (AvgIpc) is 4.20. The highest BCUT2D eigenvalue weighted by Gasteiger charge is 2.24. The van der Waals surface area contributed by atoms with E-state index in [1.807, 2.05) is 22.7 Å². The molecule has 5 heterocycles. The van der Waals surface area contributed by atoms with Crippen LogP contribution in [-0.2, 0) is 0 Å². The molecule has 6 heteroatoms. The van der Waals surface area contributed by atoms with Crippen LogP contribution >= 0.6 is 22.7 Å². The van der Waals surface area contributed by atoms with Gasteiger partial charge in [0.15, 0.2) is 11.4 Å². The van der Waals surface area contributed by atoms with E-state index in [1.54, 1.807) is 0 Å². The lowest BCUT2D eigenvalue weighted by Gasteiger charge is -2.08. The molecule has 0 aliphatic rings. The van der Waals surface area contributed by atoms with E-state index in [1.165, 1.54) is 79.7 Å². The van der Waals surface area contributed by atoms with Gasteiger partial charge in [-0.25, -0.2) is 9.97 Å². The highest BCUT2D eigenvalue weighted by Crippen LogP contribution is 2.48. The molecule has 15 rings (SSSR count). The van der Waals surface area contributed by atoms with E-state index in [9.17, 15) is 0 Å². The summed E-state index contributed by atoms with van der Waals surface area (Å²) >= 11 is 3.65. The van der Waals surface area contributed by atoms with Gasteiger partial charge in [0.2, 0.25) is 0 Å². The molecular formula is C64H37N3OS2. The highest BCUT2D eigenvalue weighted by atomic mass is 32.1. The molecule has 70 heavy (non-hydrogen) atoms. The van der Waals surface area contributed by atoms with Crippen LogP contribution in [0.3, 0.4) is 0 Å². The quantitative estimate of drug-likeness (QED) is 0.167. The second kappa shape index (κ2) is 15.4. The standard InChI is InChI=1S/C64H37N3OS2/c1-4-16-38(17-5-1)43-23-12-25-46-48-27-14-29-50(62(48)69-60(43)46)57-59-58(66-64(65-57)51-30-15-28-49-47-26-13-24-44(61(47)70-63(49)51)39-18-6-2-7-19-39)53-37-41(33-35-56(53)68-59)40-32-34-55-52(36-40)45-22-10-11-31-54(45)67(55)42-20-8-3-9-21-42/h1-37H. The number of thiophene rings is 2. The predicted molar refractivity (Wildman–Crippen MR) is 297 cm³/mol. The first-order valence-electron chi connectivity index (χ1n) is 23.6. The van der Waals surface area contributed by atoms with E-state index in [4.69, 9.17) is 14.4 Å². The Balaban J connectivity index is 0.979. The van der Waals surface area contributed by atoms with Crippen LogP contribution in [0.25, 0.3) is 146 Å². The molecule has 0 saturated heterocycles. The molecule has 326 valence electrons. The number of nitrogens with zero attached hydrogens (tertiary/aromatic N) is 3. The third-order valence-corrected chi connectivity index (χ3v) is 16.6. The summed E-state index contributed by atoms with van der Waals surface area (Å²) in [6, 6.07) is 80.6. The van der Waals surface area contributed by atoms with Crippen LogP contribution in [0.1, 0.15) is 0 Å². The fourth-order valence-electron chi connectivity index (χ4n) is 10.8. The molecule has 0 atom stereocenters. The number of para-hydroxylation sites is 2. The molecule has 0 aliphatic heterocycles. The van der Waals surface area contributed by atoms with Gasteiger partial charge in [-0.1, -0.05) is 176 Å². The molecule has 5 aromatic heterocycles. The zero-order valence-electron chi connectivity index (χ0n) is 37.4. The van der Waals surface area contributed by atoms with E-state index < -0.39 is 0 Å². The summed E-state index contributed by atoms with van der Waals surface area (Å²) < 4.78 is 14.2. The molecule has 15 aromatic rings. The van der Waals surface area contributed by atoms with Crippen molar-refractivity contribution in [3.63, 3.8) is 0 Å². The van der Waals surface area contributed by atoms with Crippen LogP contribution in [0.4, 0.5) is 0 Å². The summed E-state index contributed by atoms with van der Waals surface area (Å²) in [6.07, 6.45) is 0. The zero-order valence-corrected chi connectivity index (χ0v) is 39.1. The average molecular weight is 928 g/mol. The van der Waals surface area contributed by atoms with Crippen LogP contribution in [0.5, 0.6) is 0 Å². The van der Waals surface area contributed by atoms with Gasteiger partial charge >= 0.3 is 0 Å². The molecule has 0 saturated carbocycles. The summed E-state index contributed by atoms with van der Waals surface area (Å²) in [5.41, 5.74) is 15.6. The molecule has 0 aliphatic carbocycles. The van der Waals surface area contributed by atoms with Crippen LogP contribution in [0.15, 0.2) is 229 Å². The van der Waals surface area contributed by atoms with Crippen molar-refractivity contribution in [2.45, 2.75) is 0 Å². The van der Waals surface area contributed by atoms with Crippen LogP contribution < -0.4 is 0 Å². The Hall–Kier alpha value is -8.68. The van der Waals surface area contributed by atoms with Crippen molar-refractivity contribution < 1.29 is 4.42 Å². The maximum absolute atomic E-state index is 7.00. The minimum absolute atomic E-state index is 0.673. The molecule has 0 unspecified atom stereocenters. The second-order valence-electron chi connectivity index (χ2n) is 18.0. The van der Waals surface area contributed by atoms with Crippen molar-refractivity contribution in [2.24, 2.45) is 0 Å². The summed E-state index contributed by atoms with van der Waals surface area (Å²) in [5, 5.41) is 8.24. The summed E-state index contributed by atoms with van der Waals surface area (Å²) in [6.45, 7) is 0. The SMILES string of the molecule is c1ccc(-c2cccc3c2sc2c(-c4nc(-c5cccc6c5sc5c(-c7ccccc7)cccc56)c5oc6ccc(-c7ccc8c(c7)c7ccccc7n8-c7ccccc7)cc6c5n4)cccc23)cc1. The summed E-state index contributed by atoms with van der Waals surface area (Å²) in [5.74, 6) is 0.673. The molecule has 0 bridgehead atoms. The Kier molecular flexibility index (Phi) is 8.66. The first-order valence-corrected chi connectivity index (χ1v) is 25.2. The third-order valence-electron chi connectivity index (χ3n) is 14.0. The molecule has 0 spiro atoms. The fourth-order valence-corrected chi connectivity index (χ4v) is 13.5. The van der Waals surface area contributed by atoms with E-state index >= 15 is 0 Å². The fraction of sp³-hybridized carbons (Fsp3) is 0. The highest BCUT2D eigenvalue weighted by molar-refractivity contribution is 7.27. The largest absolute Gasteiger partial charge is 0.452 e. The molecule has 0 radical (unpaired) electrons. The number of rotatable bonds is 6. The van der Waals surface area contributed by atoms with Gasteiger partial charge in [0.05, 0.1) is 11.0 Å². The number of furan rings is 1. The predicted octanol–water partition coefficient (Wildman–Crippen LogP) is 18.5.